The third-order valence-corrected chi connectivity index (χ3v) is 4.54. The van der Waals surface area contributed by atoms with E-state index >= 15 is 0 Å². The number of carbonyl (C=O) groups excluding carboxylic acids is 1. The number of methoxy groups -OCH3 is 1. The number of ether oxygens (including phenoxy) is 1. The Morgan fingerprint density at radius 1 is 1.37 bits per heavy atom. The molecule has 0 saturated carbocycles. The van der Waals surface area contributed by atoms with E-state index in [0.717, 1.165) is 32.4 Å². The number of carbonyl (C=O) groups is 1. The van der Waals surface area contributed by atoms with E-state index in [4.69, 9.17) is 4.74 Å². The molecule has 1 aliphatic carbocycles. The number of benzene rings is 1. The van der Waals surface area contributed by atoms with Gasteiger partial charge in [0.1, 0.15) is 0 Å². The van der Waals surface area contributed by atoms with Crippen LogP contribution in [0.5, 0.6) is 0 Å². The summed E-state index contributed by atoms with van der Waals surface area (Å²) >= 11 is 0. The number of nitrogens with one attached hydrogen (secondary N) is 2. The summed E-state index contributed by atoms with van der Waals surface area (Å²) in [4.78, 5) is 11.5. The Labute approximate surface area is 113 Å². The van der Waals surface area contributed by atoms with Gasteiger partial charge < -0.3 is 15.4 Å². The molecule has 1 atom stereocenters. The smallest absolute Gasteiger partial charge is 0.407 e. The summed E-state index contributed by atoms with van der Waals surface area (Å²) in [5.41, 5.74) is 2.90. The molecular weight excluding hydrogens is 240 g/mol. The minimum absolute atomic E-state index is 0.0850. The lowest BCUT2D eigenvalue weighted by molar-refractivity contribution is 0.164. The number of hydrogen-bond acceptors (Lipinski definition) is 3. The molecule has 1 aromatic carbocycles. The number of piperidine rings is 1. The minimum atomic E-state index is -0.342. The van der Waals surface area contributed by atoms with Gasteiger partial charge in [0.05, 0.1) is 13.2 Å². The average molecular weight is 260 g/mol. The molecule has 1 saturated heterocycles. The first-order chi connectivity index (χ1) is 9.25. The van der Waals surface area contributed by atoms with Crippen LogP contribution in [0.4, 0.5) is 4.79 Å². The molecule has 19 heavy (non-hydrogen) atoms. The second-order valence-corrected chi connectivity index (χ2v) is 5.51. The van der Waals surface area contributed by atoms with Gasteiger partial charge >= 0.3 is 6.09 Å². The predicted molar refractivity (Wildman–Crippen MR) is 73.1 cm³/mol. The molecule has 1 heterocycles. The third-order valence-electron chi connectivity index (χ3n) is 4.54. The lowest BCUT2D eigenvalue weighted by Gasteiger charge is -2.35. The van der Waals surface area contributed by atoms with Crippen molar-refractivity contribution in [2.45, 2.75) is 30.7 Å². The number of hydrogen-bond donors (Lipinski definition) is 2. The number of rotatable bonds is 1. The first-order valence-electron chi connectivity index (χ1n) is 6.90. The normalized spacial score (nSPS) is 23.9. The van der Waals surface area contributed by atoms with E-state index in [9.17, 15) is 4.79 Å². The molecule has 102 valence electrons. The summed E-state index contributed by atoms with van der Waals surface area (Å²) < 4.78 is 4.74. The van der Waals surface area contributed by atoms with E-state index in [1.807, 2.05) is 6.07 Å². The largest absolute Gasteiger partial charge is 0.453 e. The summed E-state index contributed by atoms with van der Waals surface area (Å²) in [7, 11) is 1.41. The third kappa shape index (κ3) is 2.10. The van der Waals surface area contributed by atoms with Crippen LogP contribution in [0.3, 0.4) is 0 Å². The first-order valence-corrected chi connectivity index (χ1v) is 6.90. The van der Waals surface area contributed by atoms with Gasteiger partial charge in [0.25, 0.3) is 0 Å². The second kappa shape index (κ2) is 4.85. The summed E-state index contributed by atoms with van der Waals surface area (Å²) in [5, 5.41) is 6.40. The maximum atomic E-state index is 11.5. The molecule has 0 bridgehead atoms. The van der Waals surface area contributed by atoms with Crippen LogP contribution in [0.2, 0.25) is 0 Å². The molecule has 1 amide bonds. The van der Waals surface area contributed by atoms with Gasteiger partial charge in [0.15, 0.2) is 0 Å². The molecule has 1 aliphatic heterocycles. The van der Waals surface area contributed by atoms with Gasteiger partial charge in [0.2, 0.25) is 0 Å². The van der Waals surface area contributed by atoms with Crippen LogP contribution in [0.15, 0.2) is 24.3 Å². The van der Waals surface area contributed by atoms with E-state index < -0.39 is 0 Å². The molecule has 3 rings (SSSR count). The van der Waals surface area contributed by atoms with Crippen LogP contribution in [0, 0.1) is 0 Å². The zero-order valence-electron chi connectivity index (χ0n) is 11.2. The fraction of sp³-hybridized carbons (Fsp3) is 0.533. The lowest BCUT2D eigenvalue weighted by atomic mass is 9.74. The molecule has 4 nitrogen and oxygen atoms in total. The molecule has 2 aliphatic rings. The van der Waals surface area contributed by atoms with Crippen molar-refractivity contribution in [2.75, 3.05) is 20.2 Å². The van der Waals surface area contributed by atoms with Crippen LogP contribution < -0.4 is 10.6 Å². The van der Waals surface area contributed by atoms with Gasteiger partial charge in [-0.15, -0.1) is 0 Å². The standard InChI is InChI=1S/C15H20N2O2/c1-19-14(18)17-13-10-15(6-8-16-9-7-15)12-5-3-2-4-11(12)13/h2-5,13,16H,6-10H2,1H3,(H,17,18)/t13-/m1/s1. The molecule has 1 spiro atoms. The van der Waals surface area contributed by atoms with Gasteiger partial charge in [-0.05, 0) is 43.5 Å². The van der Waals surface area contributed by atoms with Crippen molar-refractivity contribution in [3.05, 3.63) is 35.4 Å². The van der Waals surface area contributed by atoms with Crippen molar-refractivity contribution in [3.8, 4) is 0 Å². The Kier molecular flexibility index (Phi) is 3.19. The first kappa shape index (κ1) is 12.5. The highest BCUT2D eigenvalue weighted by atomic mass is 16.5. The highest BCUT2D eigenvalue weighted by molar-refractivity contribution is 5.68. The number of alkyl carbamates (subject to hydrolysis) is 1. The van der Waals surface area contributed by atoms with Gasteiger partial charge in [-0.3, -0.25) is 0 Å². The summed E-state index contributed by atoms with van der Waals surface area (Å²) in [5.74, 6) is 0. The number of amides is 1. The summed E-state index contributed by atoms with van der Waals surface area (Å²) in [6.07, 6.45) is 2.93. The van der Waals surface area contributed by atoms with Crippen LogP contribution in [-0.4, -0.2) is 26.3 Å². The molecule has 0 unspecified atom stereocenters. The zero-order valence-corrected chi connectivity index (χ0v) is 11.2. The molecule has 1 fully saturated rings. The van der Waals surface area contributed by atoms with E-state index in [1.165, 1.54) is 18.2 Å². The minimum Gasteiger partial charge on any atom is -0.453 e. The average Bonchev–Trinajstić information content (AvgIpc) is 2.74. The van der Waals surface area contributed by atoms with Gasteiger partial charge in [0, 0.05) is 5.41 Å². The molecular formula is C15H20N2O2. The van der Waals surface area contributed by atoms with Crippen molar-refractivity contribution >= 4 is 6.09 Å². The van der Waals surface area contributed by atoms with E-state index in [1.54, 1.807) is 0 Å². The summed E-state index contributed by atoms with van der Waals surface area (Å²) in [6, 6.07) is 8.59. The lowest BCUT2D eigenvalue weighted by Crippen LogP contribution is -2.39. The maximum absolute atomic E-state index is 11.5. The van der Waals surface area contributed by atoms with Crippen molar-refractivity contribution in [1.29, 1.82) is 0 Å². The summed E-state index contributed by atoms with van der Waals surface area (Å²) in [6.45, 7) is 2.11. The second-order valence-electron chi connectivity index (χ2n) is 5.51. The van der Waals surface area contributed by atoms with E-state index in [2.05, 4.69) is 28.8 Å². The SMILES string of the molecule is COC(=O)N[C@@H]1CC2(CCNCC2)c2ccccc21. The Bertz CT molecular complexity index is 481. The van der Waals surface area contributed by atoms with Crippen molar-refractivity contribution < 1.29 is 9.53 Å². The maximum Gasteiger partial charge on any atom is 0.407 e. The van der Waals surface area contributed by atoms with Crippen LogP contribution >= 0.6 is 0 Å². The van der Waals surface area contributed by atoms with Gasteiger partial charge in [-0.2, -0.15) is 0 Å². The van der Waals surface area contributed by atoms with Crippen molar-refractivity contribution in [2.24, 2.45) is 0 Å². The van der Waals surface area contributed by atoms with E-state index in [-0.39, 0.29) is 17.6 Å². The highest BCUT2D eigenvalue weighted by Crippen LogP contribution is 2.49. The van der Waals surface area contributed by atoms with E-state index in [0.29, 0.717) is 0 Å². The highest BCUT2D eigenvalue weighted by Gasteiger charge is 2.44. The fourth-order valence-corrected chi connectivity index (χ4v) is 3.60. The Morgan fingerprint density at radius 3 is 2.84 bits per heavy atom. The fourth-order valence-electron chi connectivity index (χ4n) is 3.60. The Hall–Kier alpha value is -1.55. The van der Waals surface area contributed by atoms with Gasteiger partial charge in [-0.25, -0.2) is 4.79 Å². The Balaban J connectivity index is 1.92. The molecule has 2 N–H and O–H groups in total. The van der Waals surface area contributed by atoms with Crippen molar-refractivity contribution in [1.82, 2.24) is 10.6 Å². The number of fused-ring (bicyclic) bond motifs is 2. The quantitative estimate of drug-likeness (QED) is 0.813. The molecule has 0 aromatic heterocycles. The Morgan fingerprint density at radius 2 is 2.11 bits per heavy atom. The topological polar surface area (TPSA) is 50.4 Å². The molecule has 1 aromatic rings. The van der Waals surface area contributed by atoms with Gasteiger partial charge in [-0.1, -0.05) is 24.3 Å². The monoisotopic (exact) mass is 260 g/mol. The molecule has 0 radical (unpaired) electrons. The van der Waals surface area contributed by atoms with Crippen LogP contribution in [0.25, 0.3) is 0 Å². The van der Waals surface area contributed by atoms with Crippen LogP contribution in [-0.2, 0) is 10.2 Å². The van der Waals surface area contributed by atoms with Crippen LogP contribution in [0.1, 0.15) is 36.4 Å². The molecule has 4 heteroatoms. The predicted octanol–water partition coefficient (Wildman–Crippen LogP) is 2.11. The zero-order chi connectivity index (χ0) is 13.3. The van der Waals surface area contributed by atoms with Crippen molar-refractivity contribution in [3.63, 3.8) is 0 Å².